The van der Waals surface area contributed by atoms with Crippen molar-refractivity contribution in [3.8, 4) is 0 Å². The minimum absolute atomic E-state index is 0.101. The maximum atomic E-state index is 12.2. The minimum atomic E-state index is -1.22. The first kappa shape index (κ1) is 16.2. The van der Waals surface area contributed by atoms with Crippen LogP contribution in [-0.4, -0.2) is 16.8 Å². The number of amides is 1. The van der Waals surface area contributed by atoms with Crippen molar-refractivity contribution in [2.45, 2.75) is 13.0 Å². The van der Waals surface area contributed by atoms with E-state index >= 15 is 0 Å². The summed E-state index contributed by atoms with van der Waals surface area (Å²) in [5, 5.41) is 10.8. The molecule has 23 heavy (non-hydrogen) atoms. The number of ether oxygens (including phenoxy) is 1. The van der Waals surface area contributed by atoms with Crippen molar-refractivity contribution in [1.29, 1.82) is 0 Å². The molecule has 2 aromatic carbocycles. The predicted octanol–water partition coefficient (Wildman–Crippen LogP) is 2.29. The van der Waals surface area contributed by atoms with Crippen LogP contribution in [0.15, 0.2) is 48.5 Å². The van der Waals surface area contributed by atoms with Gasteiger partial charge in [0.05, 0.1) is 10.5 Å². The molecule has 0 spiro atoms. The van der Waals surface area contributed by atoms with E-state index in [9.17, 15) is 19.7 Å². The quantitative estimate of drug-likeness (QED) is 0.517. The second-order valence-corrected chi connectivity index (χ2v) is 4.86. The highest BCUT2D eigenvalue weighted by molar-refractivity contribution is 5.92. The molecular formula is C16H14N2O5. The summed E-state index contributed by atoms with van der Waals surface area (Å²) in [6.07, 6.45) is -1.22. The van der Waals surface area contributed by atoms with E-state index in [4.69, 9.17) is 10.5 Å². The van der Waals surface area contributed by atoms with Crippen molar-refractivity contribution in [2.75, 3.05) is 0 Å². The van der Waals surface area contributed by atoms with E-state index in [2.05, 4.69) is 0 Å². The molecule has 2 N–H and O–H groups in total. The number of primary amides is 1. The Kier molecular flexibility index (Phi) is 4.70. The lowest BCUT2D eigenvalue weighted by molar-refractivity contribution is -0.385. The Labute approximate surface area is 131 Å². The Balaban J connectivity index is 2.24. The van der Waals surface area contributed by atoms with Crippen LogP contribution in [0.4, 0.5) is 5.69 Å². The zero-order valence-electron chi connectivity index (χ0n) is 12.3. The number of nitro groups is 1. The highest BCUT2D eigenvalue weighted by Gasteiger charge is 2.24. The van der Waals surface area contributed by atoms with Gasteiger partial charge in [-0.25, -0.2) is 4.79 Å². The van der Waals surface area contributed by atoms with Crippen LogP contribution < -0.4 is 5.73 Å². The summed E-state index contributed by atoms with van der Waals surface area (Å²) in [5.74, 6) is -1.58. The largest absolute Gasteiger partial charge is 0.444 e. The Morgan fingerprint density at radius 1 is 1.17 bits per heavy atom. The van der Waals surface area contributed by atoms with Crippen molar-refractivity contribution >= 4 is 17.6 Å². The molecular weight excluding hydrogens is 300 g/mol. The molecule has 7 nitrogen and oxygen atoms in total. The molecule has 0 heterocycles. The molecule has 0 aliphatic carbocycles. The number of rotatable bonds is 5. The van der Waals surface area contributed by atoms with Crippen molar-refractivity contribution in [1.82, 2.24) is 0 Å². The number of aryl methyl sites for hydroxylation is 1. The molecule has 2 rings (SSSR count). The lowest BCUT2D eigenvalue weighted by Crippen LogP contribution is -2.26. The first-order chi connectivity index (χ1) is 10.9. The third kappa shape index (κ3) is 3.70. The molecule has 0 bridgehead atoms. The molecule has 2 aromatic rings. The van der Waals surface area contributed by atoms with E-state index in [1.165, 1.54) is 25.1 Å². The number of nitrogens with zero attached hydrogens (tertiary/aromatic N) is 1. The van der Waals surface area contributed by atoms with E-state index in [-0.39, 0.29) is 11.3 Å². The molecule has 0 fully saturated rings. The fourth-order valence-electron chi connectivity index (χ4n) is 2.08. The minimum Gasteiger partial charge on any atom is -0.444 e. The Bertz CT molecular complexity index is 758. The molecule has 118 valence electrons. The van der Waals surface area contributed by atoms with E-state index in [1.807, 2.05) is 0 Å². The van der Waals surface area contributed by atoms with Gasteiger partial charge in [0.25, 0.3) is 11.6 Å². The summed E-state index contributed by atoms with van der Waals surface area (Å²) in [7, 11) is 0. The lowest BCUT2D eigenvalue weighted by atomic mass is 10.1. The normalized spacial score (nSPS) is 11.5. The molecule has 0 saturated heterocycles. The number of nitrogens with two attached hydrogens (primary N) is 1. The Hall–Kier alpha value is -3.22. The first-order valence-electron chi connectivity index (χ1n) is 6.70. The molecule has 1 atom stereocenters. The summed E-state index contributed by atoms with van der Waals surface area (Å²) < 4.78 is 5.16. The van der Waals surface area contributed by atoms with E-state index in [0.717, 1.165) is 0 Å². The molecule has 0 saturated carbocycles. The molecule has 0 radical (unpaired) electrons. The van der Waals surface area contributed by atoms with Gasteiger partial charge in [-0.05, 0) is 19.1 Å². The Morgan fingerprint density at radius 3 is 2.35 bits per heavy atom. The molecule has 0 aromatic heterocycles. The molecule has 1 amide bonds. The summed E-state index contributed by atoms with van der Waals surface area (Å²) in [5.41, 5.74) is 6.06. The van der Waals surface area contributed by atoms with Gasteiger partial charge >= 0.3 is 5.97 Å². The van der Waals surface area contributed by atoms with Gasteiger partial charge in [-0.15, -0.1) is 0 Å². The molecule has 7 heteroatoms. The van der Waals surface area contributed by atoms with Crippen LogP contribution in [0.25, 0.3) is 0 Å². The highest BCUT2D eigenvalue weighted by Crippen LogP contribution is 2.22. The summed E-state index contributed by atoms with van der Waals surface area (Å²) >= 11 is 0. The van der Waals surface area contributed by atoms with Crippen molar-refractivity contribution in [2.24, 2.45) is 5.73 Å². The van der Waals surface area contributed by atoms with Crippen LogP contribution in [0.1, 0.15) is 27.6 Å². The van der Waals surface area contributed by atoms with Gasteiger partial charge in [0.2, 0.25) is 6.10 Å². The average molecular weight is 314 g/mol. The van der Waals surface area contributed by atoms with Crippen molar-refractivity contribution in [3.63, 3.8) is 0 Å². The smallest absolute Gasteiger partial charge is 0.339 e. The molecule has 1 unspecified atom stereocenters. The zero-order chi connectivity index (χ0) is 17.0. The third-order valence-corrected chi connectivity index (χ3v) is 3.21. The van der Waals surface area contributed by atoms with Crippen LogP contribution in [-0.2, 0) is 9.53 Å². The number of benzene rings is 2. The summed E-state index contributed by atoms with van der Waals surface area (Å²) in [4.78, 5) is 33.9. The summed E-state index contributed by atoms with van der Waals surface area (Å²) in [6, 6.07) is 12.2. The van der Waals surface area contributed by atoms with Crippen LogP contribution in [0.3, 0.4) is 0 Å². The molecule has 0 aliphatic rings. The standard InChI is InChI=1S/C16H14N2O5/c1-10-9-12(7-8-13(10)18(21)22)16(20)23-14(15(17)19)11-5-3-2-4-6-11/h2-9,14H,1H3,(H2,17,19). The maximum absolute atomic E-state index is 12.2. The number of hydrogen-bond acceptors (Lipinski definition) is 5. The van der Waals surface area contributed by atoms with Gasteiger partial charge in [-0.1, -0.05) is 30.3 Å². The summed E-state index contributed by atoms with van der Waals surface area (Å²) in [6.45, 7) is 1.51. The van der Waals surface area contributed by atoms with Crippen LogP contribution in [0.5, 0.6) is 0 Å². The van der Waals surface area contributed by atoms with E-state index in [0.29, 0.717) is 11.1 Å². The second kappa shape index (κ2) is 6.69. The van der Waals surface area contributed by atoms with Gasteiger partial charge in [-0.2, -0.15) is 0 Å². The number of nitro benzene ring substituents is 1. The zero-order valence-corrected chi connectivity index (χ0v) is 12.3. The van der Waals surface area contributed by atoms with Crippen LogP contribution >= 0.6 is 0 Å². The topological polar surface area (TPSA) is 113 Å². The number of esters is 1. The van der Waals surface area contributed by atoms with Gasteiger partial charge in [0.1, 0.15) is 0 Å². The van der Waals surface area contributed by atoms with E-state index < -0.39 is 22.9 Å². The number of carbonyl (C=O) groups excluding carboxylic acids is 2. The van der Waals surface area contributed by atoms with Crippen molar-refractivity contribution < 1.29 is 19.2 Å². The van der Waals surface area contributed by atoms with Gasteiger partial charge in [-0.3, -0.25) is 14.9 Å². The van der Waals surface area contributed by atoms with Gasteiger partial charge in [0, 0.05) is 17.2 Å². The number of carbonyl (C=O) groups is 2. The third-order valence-electron chi connectivity index (χ3n) is 3.21. The maximum Gasteiger partial charge on any atom is 0.339 e. The highest BCUT2D eigenvalue weighted by atomic mass is 16.6. The second-order valence-electron chi connectivity index (χ2n) is 4.86. The van der Waals surface area contributed by atoms with Crippen LogP contribution in [0, 0.1) is 17.0 Å². The molecule has 0 aliphatic heterocycles. The van der Waals surface area contributed by atoms with E-state index in [1.54, 1.807) is 30.3 Å². The monoisotopic (exact) mass is 314 g/mol. The SMILES string of the molecule is Cc1cc(C(=O)OC(C(N)=O)c2ccccc2)ccc1[N+](=O)[O-]. The average Bonchev–Trinajstić information content (AvgIpc) is 2.52. The lowest BCUT2D eigenvalue weighted by Gasteiger charge is -2.15. The number of hydrogen-bond donors (Lipinski definition) is 1. The van der Waals surface area contributed by atoms with Gasteiger partial charge < -0.3 is 10.5 Å². The van der Waals surface area contributed by atoms with Crippen LogP contribution in [0.2, 0.25) is 0 Å². The predicted molar refractivity (Wildman–Crippen MR) is 81.6 cm³/mol. The fraction of sp³-hybridized carbons (Fsp3) is 0.125. The fourth-order valence-corrected chi connectivity index (χ4v) is 2.08. The first-order valence-corrected chi connectivity index (χ1v) is 6.70. The van der Waals surface area contributed by atoms with Crippen molar-refractivity contribution in [3.05, 3.63) is 75.3 Å². The van der Waals surface area contributed by atoms with Gasteiger partial charge in [0.15, 0.2) is 0 Å². The Morgan fingerprint density at radius 2 is 1.83 bits per heavy atom.